The Hall–Kier alpha value is -2.21. The summed E-state index contributed by atoms with van der Waals surface area (Å²) >= 11 is 3.26. The molecular formula is C17H18BrN3O6S. The van der Waals surface area contributed by atoms with E-state index in [1.54, 1.807) is 24.3 Å². The molecule has 150 valence electrons. The Kier molecular flexibility index (Phi) is 6.50. The molecule has 2 aromatic rings. The van der Waals surface area contributed by atoms with Crippen molar-refractivity contribution >= 4 is 37.8 Å². The SMILES string of the molecule is O=C(NCc1ccco1)C(=O)NCC1OCCN1S(=O)(=O)c1ccc(Br)cc1. The van der Waals surface area contributed by atoms with E-state index in [0.717, 1.165) is 8.78 Å². The Morgan fingerprint density at radius 3 is 2.54 bits per heavy atom. The molecule has 1 aliphatic rings. The van der Waals surface area contributed by atoms with E-state index in [-0.39, 0.29) is 31.1 Å². The topological polar surface area (TPSA) is 118 Å². The molecule has 1 unspecified atom stereocenters. The molecule has 0 bridgehead atoms. The van der Waals surface area contributed by atoms with Gasteiger partial charge < -0.3 is 19.8 Å². The second-order valence-electron chi connectivity index (χ2n) is 5.87. The number of furan rings is 1. The average Bonchev–Trinajstić information content (AvgIpc) is 3.36. The molecule has 0 spiro atoms. The first-order valence-corrected chi connectivity index (χ1v) is 10.6. The maximum absolute atomic E-state index is 12.8. The lowest BCUT2D eigenvalue weighted by molar-refractivity contribution is -0.139. The second kappa shape index (κ2) is 8.86. The number of halogens is 1. The van der Waals surface area contributed by atoms with E-state index in [1.807, 2.05) is 0 Å². The fraction of sp³-hybridized carbons (Fsp3) is 0.294. The summed E-state index contributed by atoms with van der Waals surface area (Å²) < 4.78 is 38.0. The maximum Gasteiger partial charge on any atom is 0.309 e. The quantitative estimate of drug-likeness (QED) is 0.602. The first-order chi connectivity index (χ1) is 13.4. The van der Waals surface area contributed by atoms with Crippen LogP contribution in [0.5, 0.6) is 0 Å². The van der Waals surface area contributed by atoms with Crippen LogP contribution in [0, 0.1) is 0 Å². The number of carbonyl (C=O) groups excluding carboxylic acids is 2. The van der Waals surface area contributed by atoms with Crippen molar-refractivity contribution in [2.75, 3.05) is 19.7 Å². The highest BCUT2D eigenvalue weighted by Gasteiger charge is 2.36. The number of nitrogens with zero attached hydrogens (tertiary/aromatic N) is 1. The van der Waals surface area contributed by atoms with Gasteiger partial charge in [0.2, 0.25) is 10.0 Å². The summed E-state index contributed by atoms with van der Waals surface area (Å²) in [5.41, 5.74) is 0. The van der Waals surface area contributed by atoms with E-state index < -0.39 is 28.1 Å². The lowest BCUT2D eigenvalue weighted by Gasteiger charge is -2.22. The molecule has 1 aliphatic heterocycles. The average molecular weight is 472 g/mol. The summed E-state index contributed by atoms with van der Waals surface area (Å²) in [5, 5.41) is 4.81. The lowest BCUT2D eigenvalue weighted by Crippen LogP contribution is -2.47. The highest BCUT2D eigenvalue weighted by atomic mass is 79.9. The normalized spacial score (nSPS) is 17.4. The molecule has 1 aromatic heterocycles. The molecule has 2 heterocycles. The van der Waals surface area contributed by atoms with Crippen molar-refractivity contribution in [3.63, 3.8) is 0 Å². The summed E-state index contributed by atoms with van der Waals surface area (Å²) in [4.78, 5) is 23.9. The van der Waals surface area contributed by atoms with E-state index in [1.165, 1.54) is 18.4 Å². The van der Waals surface area contributed by atoms with Gasteiger partial charge in [-0.1, -0.05) is 15.9 Å². The van der Waals surface area contributed by atoms with Gasteiger partial charge in [0.1, 0.15) is 12.0 Å². The number of ether oxygens (including phenoxy) is 1. The van der Waals surface area contributed by atoms with E-state index >= 15 is 0 Å². The molecule has 9 nitrogen and oxygen atoms in total. The van der Waals surface area contributed by atoms with Gasteiger partial charge in [0.25, 0.3) is 0 Å². The first kappa shape index (κ1) is 20.5. The zero-order valence-corrected chi connectivity index (χ0v) is 17.0. The Bertz CT molecular complexity index is 930. The summed E-state index contributed by atoms with van der Waals surface area (Å²) in [5.74, 6) is -1.23. The Morgan fingerprint density at radius 1 is 1.14 bits per heavy atom. The van der Waals surface area contributed by atoms with Gasteiger partial charge in [0, 0.05) is 11.0 Å². The molecule has 0 saturated carbocycles. The monoisotopic (exact) mass is 471 g/mol. The molecule has 11 heteroatoms. The third-order valence-corrected chi connectivity index (χ3v) is 6.44. The summed E-state index contributed by atoms with van der Waals surface area (Å²) in [7, 11) is -3.79. The molecule has 2 N–H and O–H groups in total. The van der Waals surface area contributed by atoms with Gasteiger partial charge in [-0.15, -0.1) is 0 Å². The molecule has 1 atom stereocenters. The van der Waals surface area contributed by atoms with Crippen molar-refractivity contribution in [1.82, 2.24) is 14.9 Å². The number of rotatable bonds is 6. The molecule has 0 aliphatic carbocycles. The number of amides is 2. The van der Waals surface area contributed by atoms with Crippen molar-refractivity contribution in [3.05, 3.63) is 52.9 Å². The zero-order valence-electron chi connectivity index (χ0n) is 14.6. The van der Waals surface area contributed by atoms with Gasteiger partial charge in [-0.25, -0.2) is 8.42 Å². The summed E-state index contributed by atoms with van der Waals surface area (Å²) in [6.07, 6.45) is 0.565. The zero-order chi connectivity index (χ0) is 20.1. The molecule has 0 radical (unpaired) electrons. The van der Waals surface area contributed by atoms with Crippen molar-refractivity contribution in [2.45, 2.75) is 17.7 Å². The van der Waals surface area contributed by atoms with E-state index in [4.69, 9.17) is 9.15 Å². The van der Waals surface area contributed by atoms with Gasteiger partial charge in [0.15, 0.2) is 0 Å². The Balaban J connectivity index is 1.56. The van der Waals surface area contributed by atoms with Crippen LogP contribution in [0.3, 0.4) is 0 Å². The number of hydrogen-bond acceptors (Lipinski definition) is 6. The van der Waals surface area contributed by atoms with Crippen molar-refractivity contribution in [2.24, 2.45) is 0 Å². The van der Waals surface area contributed by atoms with Gasteiger partial charge in [0.05, 0.1) is 30.9 Å². The van der Waals surface area contributed by atoms with Crippen LogP contribution < -0.4 is 10.6 Å². The van der Waals surface area contributed by atoms with Gasteiger partial charge in [-0.2, -0.15) is 4.31 Å². The van der Waals surface area contributed by atoms with Crippen molar-refractivity contribution in [1.29, 1.82) is 0 Å². The van der Waals surface area contributed by atoms with Crippen LogP contribution in [0.2, 0.25) is 0 Å². The highest BCUT2D eigenvalue weighted by molar-refractivity contribution is 9.10. The fourth-order valence-corrected chi connectivity index (χ4v) is 4.38. The minimum absolute atomic E-state index is 0.0727. The maximum atomic E-state index is 12.8. The van der Waals surface area contributed by atoms with Gasteiger partial charge in [-0.05, 0) is 36.4 Å². The van der Waals surface area contributed by atoms with Crippen molar-refractivity contribution in [3.8, 4) is 0 Å². The number of benzene rings is 1. The minimum atomic E-state index is -3.79. The molecule has 3 rings (SSSR count). The lowest BCUT2D eigenvalue weighted by atomic mass is 10.4. The van der Waals surface area contributed by atoms with Gasteiger partial charge in [-0.3, -0.25) is 9.59 Å². The molecular weight excluding hydrogens is 454 g/mol. The number of hydrogen-bond donors (Lipinski definition) is 2. The van der Waals surface area contributed by atoms with Crippen molar-refractivity contribution < 1.29 is 27.2 Å². The molecule has 1 aromatic carbocycles. The largest absolute Gasteiger partial charge is 0.467 e. The summed E-state index contributed by atoms with van der Waals surface area (Å²) in [6.45, 7) is 0.274. The van der Waals surface area contributed by atoms with E-state index in [2.05, 4.69) is 26.6 Å². The van der Waals surface area contributed by atoms with Crippen LogP contribution in [0.4, 0.5) is 0 Å². The summed E-state index contributed by atoms with van der Waals surface area (Å²) in [6, 6.07) is 9.55. The van der Waals surface area contributed by atoms with Crippen LogP contribution in [-0.4, -0.2) is 50.5 Å². The molecule has 1 fully saturated rings. The predicted molar refractivity (Wildman–Crippen MR) is 101 cm³/mol. The molecule has 2 amide bonds. The van der Waals surface area contributed by atoms with Crippen LogP contribution in [0.15, 0.2) is 56.4 Å². The van der Waals surface area contributed by atoms with Crippen LogP contribution in [0.1, 0.15) is 5.76 Å². The van der Waals surface area contributed by atoms with Crippen LogP contribution in [0.25, 0.3) is 0 Å². The third kappa shape index (κ3) is 4.79. The standard InChI is InChI=1S/C17H18BrN3O6S/c18-12-3-5-14(6-4-12)28(24,25)21-7-9-27-15(21)11-20-17(23)16(22)19-10-13-2-1-8-26-13/h1-6,8,15H,7,9-11H2,(H,19,22)(H,20,23). The number of carbonyl (C=O) groups is 2. The van der Waals surface area contributed by atoms with E-state index in [9.17, 15) is 18.0 Å². The number of sulfonamides is 1. The predicted octanol–water partition coefficient (Wildman–Crippen LogP) is 0.822. The third-order valence-electron chi connectivity index (χ3n) is 4.01. The Morgan fingerprint density at radius 2 is 1.86 bits per heavy atom. The van der Waals surface area contributed by atoms with E-state index in [0.29, 0.717) is 5.76 Å². The molecule has 1 saturated heterocycles. The van der Waals surface area contributed by atoms with Gasteiger partial charge >= 0.3 is 11.8 Å². The minimum Gasteiger partial charge on any atom is -0.467 e. The smallest absolute Gasteiger partial charge is 0.309 e. The second-order valence-corrected chi connectivity index (χ2v) is 8.67. The highest BCUT2D eigenvalue weighted by Crippen LogP contribution is 2.23. The fourth-order valence-electron chi connectivity index (χ4n) is 2.60. The van der Waals surface area contributed by atoms with Crippen LogP contribution in [-0.2, 0) is 30.9 Å². The Labute approximate surface area is 170 Å². The van der Waals surface area contributed by atoms with Crippen LogP contribution >= 0.6 is 15.9 Å². The number of nitrogens with one attached hydrogen (secondary N) is 2. The first-order valence-electron chi connectivity index (χ1n) is 8.35. The molecule has 28 heavy (non-hydrogen) atoms.